The van der Waals surface area contributed by atoms with Crippen molar-refractivity contribution in [2.24, 2.45) is 5.92 Å². The summed E-state index contributed by atoms with van der Waals surface area (Å²) in [7, 11) is -9.30. The quantitative estimate of drug-likeness (QED) is 0.195. The number of nitrogens with zero attached hydrogens (tertiary/aromatic N) is 1. The van der Waals surface area contributed by atoms with E-state index in [-0.39, 0.29) is 43.8 Å². The number of hydrogen-bond acceptors (Lipinski definition) is 9. The number of nitrogens with two attached hydrogens (primary N) is 1. The molecule has 1 aliphatic heterocycles. The van der Waals surface area contributed by atoms with Gasteiger partial charge in [0.25, 0.3) is 0 Å². The summed E-state index contributed by atoms with van der Waals surface area (Å²) in [6.07, 6.45) is -3.03. The van der Waals surface area contributed by atoms with Crippen LogP contribution in [0.25, 0.3) is 0 Å². The molecule has 0 spiro atoms. The monoisotopic (exact) mass is 601 g/mol. The van der Waals surface area contributed by atoms with Crippen molar-refractivity contribution in [1.82, 2.24) is 9.62 Å². The van der Waals surface area contributed by atoms with Gasteiger partial charge in [-0.05, 0) is 42.2 Å². The zero-order valence-corrected chi connectivity index (χ0v) is 24.0. The summed E-state index contributed by atoms with van der Waals surface area (Å²) in [5, 5.41) is 2.61. The molecule has 1 amide bonds. The molecular formula is C25H36N3O10PS. The molecule has 13 nitrogen and oxygen atoms in total. The van der Waals surface area contributed by atoms with Gasteiger partial charge < -0.3 is 35.0 Å². The van der Waals surface area contributed by atoms with Crippen LogP contribution in [0.15, 0.2) is 59.5 Å². The average Bonchev–Trinajstić information content (AvgIpc) is 2.88. The first kappa shape index (κ1) is 32.0. The third kappa shape index (κ3) is 10.1. The molecule has 0 bridgehead atoms. The van der Waals surface area contributed by atoms with Gasteiger partial charge in [0.05, 0.1) is 24.2 Å². The maximum absolute atomic E-state index is 13.6. The molecule has 0 aliphatic carbocycles. The number of carbonyl (C=O) groups excluding carboxylic acids is 1. The molecule has 222 valence electrons. The van der Waals surface area contributed by atoms with Crippen LogP contribution in [-0.4, -0.2) is 79.9 Å². The van der Waals surface area contributed by atoms with Crippen LogP contribution < -0.4 is 11.1 Å². The number of sulfonamides is 1. The van der Waals surface area contributed by atoms with Crippen molar-refractivity contribution in [3.63, 3.8) is 0 Å². The van der Waals surface area contributed by atoms with Gasteiger partial charge in [0.15, 0.2) is 6.10 Å². The molecule has 1 saturated heterocycles. The van der Waals surface area contributed by atoms with Crippen molar-refractivity contribution >= 4 is 29.6 Å². The van der Waals surface area contributed by atoms with Gasteiger partial charge in [-0.2, -0.15) is 4.31 Å². The predicted octanol–water partition coefficient (Wildman–Crippen LogP) is 2.10. The van der Waals surface area contributed by atoms with E-state index in [4.69, 9.17) is 24.5 Å². The topological polar surface area (TPSA) is 187 Å². The number of ether oxygens (including phenoxy) is 3. The number of alkyl carbamates (subject to hydrolysis) is 1. The van der Waals surface area contributed by atoms with E-state index in [9.17, 15) is 27.6 Å². The van der Waals surface area contributed by atoms with Gasteiger partial charge in [0.1, 0.15) is 12.9 Å². The zero-order valence-electron chi connectivity index (χ0n) is 22.3. The Kier molecular flexibility index (Phi) is 11.5. The van der Waals surface area contributed by atoms with E-state index in [1.165, 1.54) is 24.3 Å². The molecule has 2 atom stereocenters. The highest BCUT2D eigenvalue weighted by molar-refractivity contribution is 7.89. The van der Waals surface area contributed by atoms with E-state index < -0.39 is 48.7 Å². The molecule has 0 saturated carbocycles. The van der Waals surface area contributed by atoms with Crippen LogP contribution in [0.1, 0.15) is 19.4 Å². The summed E-state index contributed by atoms with van der Waals surface area (Å²) in [5.41, 5.74) is 6.79. The van der Waals surface area contributed by atoms with Crippen LogP contribution in [-0.2, 0) is 39.7 Å². The van der Waals surface area contributed by atoms with Crippen LogP contribution in [0.5, 0.6) is 0 Å². The summed E-state index contributed by atoms with van der Waals surface area (Å²) in [4.78, 5) is 32.4. The van der Waals surface area contributed by atoms with Crippen LogP contribution in [0.2, 0.25) is 0 Å². The number of rotatable bonds is 13. The maximum atomic E-state index is 13.6. The number of hydrogen-bond donors (Lipinski definition) is 4. The molecular weight excluding hydrogens is 565 g/mol. The Labute approximate surface area is 233 Å². The van der Waals surface area contributed by atoms with Gasteiger partial charge in [-0.1, -0.05) is 44.2 Å². The molecule has 0 radical (unpaired) electrons. The first-order valence-corrected chi connectivity index (χ1v) is 15.6. The number of anilines is 1. The second kappa shape index (κ2) is 14.4. The SMILES string of the molecule is CC(C)CN(C[C@@H](OP(=O)(O)O)[C@H](Cc1ccccc1)NC(=O)OC1COCOC1)S(=O)(=O)c1ccc(N)cc1. The van der Waals surface area contributed by atoms with E-state index in [0.717, 1.165) is 4.31 Å². The molecule has 2 aromatic rings. The second-order valence-corrected chi connectivity index (χ2v) is 12.9. The lowest BCUT2D eigenvalue weighted by Crippen LogP contribution is -2.52. The minimum absolute atomic E-state index is 0.00693. The lowest BCUT2D eigenvalue weighted by Gasteiger charge is -2.33. The number of phosphoric acid groups is 1. The summed E-state index contributed by atoms with van der Waals surface area (Å²) in [6, 6.07) is 13.3. The fraction of sp³-hybridized carbons (Fsp3) is 0.480. The second-order valence-electron chi connectivity index (χ2n) is 9.75. The van der Waals surface area contributed by atoms with Crippen LogP contribution in [0.3, 0.4) is 0 Å². The molecule has 3 rings (SSSR count). The predicted molar refractivity (Wildman–Crippen MR) is 145 cm³/mol. The Balaban J connectivity index is 1.95. The Morgan fingerprint density at radius 1 is 1.10 bits per heavy atom. The van der Waals surface area contributed by atoms with E-state index >= 15 is 0 Å². The van der Waals surface area contributed by atoms with Crippen LogP contribution in [0, 0.1) is 5.92 Å². The van der Waals surface area contributed by atoms with E-state index in [1.807, 2.05) is 0 Å². The fourth-order valence-electron chi connectivity index (χ4n) is 4.09. The molecule has 1 aliphatic rings. The standard InChI is InChI=1S/C25H36N3O10PS/c1-18(2)13-28(40(33,34)22-10-8-20(26)9-11-22)14-24(38-39(30,31)32)23(12-19-6-4-3-5-7-19)27-25(29)37-21-15-35-17-36-16-21/h3-11,18,21,23-24H,12-17,26H2,1-2H3,(H,27,29)(H2,30,31,32)/t23-,24+/m0/s1. The van der Waals surface area contributed by atoms with Gasteiger partial charge in [0.2, 0.25) is 10.0 Å². The highest BCUT2D eigenvalue weighted by atomic mass is 32.2. The normalized spacial score (nSPS) is 16.6. The number of benzene rings is 2. The first-order chi connectivity index (χ1) is 18.8. The lowest BCUT2D eigenvalue weighted by atomic mass is 10.0. The van der Waals surface area contributed by atoms with Crippen molar-refractivity contribution in [2.75, 3.05) is 38.8 Å². The summed E-state index contributed by atoms with van der Waals surface area (Å²) in [6.45, 7) is 3.43. The molecule has 0 aromatic heterocycles. The van der Waals surface area contributed by atoms with Crippen molar-refractivity contribution in [2.45, 2.75) is 43.4 Å². The summed E-state index contributed by atoms with van der Waals surface area (Å²) >= 11 is 0. The highest BCUT2D eigenvalue weighted by Crippen LogP contribution is 2.39. The molecule has 40 heavy (non-hydrogen) atoms. The Morgan fingerprint density at radius 3 is 2.30 bits per heavy atom. The minimum Gasteiger partial charge on any atom is -0.441 e. The largest absolute Gasteiger partial charge is 0.469 e. The van der Waals surface area contributed by atoms with E-state index in [2.05, 4.69) is 5.32 Å². The summed E-state index contributed by atoms with van der Waals surface area (Å²) < 4.78 is 61.2. The minimum atomic E-state index is -5.15. The number of amides is 1. The van der Waals surface area contributed by atoms with Gasteiger partial charge in [-0.25, -0.2) is 17.8 Å². The van der Waals surface area contributed by atoms with Crippen molar-refractivity contribution in [3.8, 4) is 0 Å². The Hall–Kier alpha value is -2.55. The van der Waals surface area contributed by atoms with Crippen molar-refractivity contribution in [1.29, 1.82) is 0 Å². The third-order valence-corrected chi connectivity index (χ3v) is 8.23. The summed E-state index contributed by atoms with van der Waals surface area (Å²) in [5.74, 6) is -0.156. The highest BCUT2D eigenvalue weighted by Gasteiger charge is 2.37. The van der Waals surface area contributed by atoms with Crippen molar-refractivity contribution < 1.29 is 46.3 Å². The molecule has 2 aromatic carbocycles. The van der Waals surface area contributed by atoms with E-state index in [0.29, 0.717) is 11.3 Å². The molecule has 0 unspecified atom stereocenters. The number of nitrogen functional groups attached to an aromatic ring is 1. The molecule has 1 heterocycles. The average molecular weight is 602 g/mol. The van der Waals surface area contributed by atoms with Crippen LogP contribution in [0.4, 0.5) is 10.5 Å². The molecule has 5 N–H and O–H groups in total. The first-order valence-electron chi connectivity index (χ1n) is 12.6. The van der Waals surface area contributed by atoms with Gasteiger partial charge in [0, 0.05) is 18.8 Å². The van der Waals surface area contributed by atoms with Crippen molar-refractivity contribution in [3.05, 3.63) is 60.2 Å². The number of phosphoric ester groups is 1. The lowest BCUT2D eigenvalue weighted by molar-refractivity contribution is -0.151. The van der Waals surface area contributed by atoms with Gasteiger partial charge in [-0.3, -0.25) is 4.52 Å². The Morgan fingerprint density at radius 2 is 1.73 bits per heavy atom. The Bertz CT molecular complexity index is 1240. The van der Waals surface area contributed by atoms with Gasteiger partial charge in [-0.15, -0.1) is 0 Å². The smallest absolute Gasteiger partial charge is 0.441 e. The number of carbonyl (C=O) groups is 1. The van der Waals surface area contributed by atoms with E-state index in [1.54, 1.807) is 44.2 Å². The van der Waals surface area contributed by atoms with Crippen LogP contribution >= 0.6 is 7.82 Å². The fourth-order valence-corrected chi connectivity index (χ4v) is 6.27. The zero-order chi connectivity index (χ0) is 29.3. The molecule has 15 heteroatoms. The molecule has 1 fully saturated rings. The third-order valence-electron chi connectivity index (χ3n) is 5.84. The maximum Gasteiger partial charge on any atom is 0.469 e. The number of nitrogens with one attached hydrogen (secondary N) is 1. The van der Waals surface area contributed by atoms with Gasteiger partial charge >= 0.3 is 13.9 Å².